The molecule has 0 unspecified atom stereocenters. The van der Waals surface area contributed by atoms with Crippen molar-refractivity contribution in [3.63, 3.8) is 0 Å². The number of carbonyl (C=O) groups is 9. The maximum atomic E-state index is 12.7. The van der Waals surface area contributed by atoms with Gasteiger partial charge in [-0.05, 0) is 158 Å². The largest absolute Gasteiger partial charge is 0.480 e. The Kier molecular flexibility index (Phi) is 25.2. The summed E-state index contributed by atoms with van der Waals surface area (Å²) in [6.07, 6.45) is -1.89. The lowest BCUT2D eigenvalue weighted by Gasteiger charge is -2.35. The maximum Gasteiger partial charge on any atom is 0.410 e. The predicted molar refractivity (Wildman–Crippen MR) is 300 cm³/mol. The van der Waals surface area contributed by atoms with E-state index in [4.69, 9.17) is 42.3 Å². The van der Waals surface area contributed by atoms with Gasteiger partial charge in [-0.1, -0.05) is 0 Å². The Labute approximate surface area is 462 Å². The number of ether oxygens (including phenoxy) is 6. The normalized spacial score (nSPS) is 11.3. The van der Waals surface area contributed by atoms with Crippen LogP contribution >= 0.6 is 0 Å². The van der Waals surface area contributed by atoms with E-state index in [1.165, 1.54) is 109 Å². The minimum absolute atomic E-state index is 0.206. The number of nitrogens with one attached hydrogen (secondary N) is 2. The topological polar surface area (TPSA) is 367 Å². The van der Waals surface area contributed by atoms with Gasteiger partial charge in [0.15, 0.2) is 0 Å². The van der Waals surface area contributed by atoms with E-state index in [0.29, 0.717) is 22.6 Å². The molecule has 79 heavy (non-hydrogen) atoms. The summed E-state index contributed by atoms with van der Waals surface area (Å²) in [5.41, 5.74) is 19.9. The van der Waals surface area contributed by atoms with Gasteiger partial charge in [-0.2, -0.15) is 0 Å². The molecule has 11 N–H and O–H groups in total. The van der Waals surface area contributed by atoms with Gasteiger partial charge in [-0.15, -0.1) is 0 Å². The Hall–Kier alpha value is -8.51. The van der Waals surface area contributed by atoms with Gasteiger partial charge in [0, 0.05) is 21.1 Å². The molecule has 0 aliphatic rings. The molecule has 0 aliphatic carbocycles. The fraction of sp³-hybridized carbons (Fsp3) is 0.500. The van der Waals surface area contributed by atoms with Crippen LogP contribution < -0.4 is 33.6 Å². The van der Waals surface area contributed by atoms with Gasteiger partial charge in [0.1, 0.15) is 33.4 Å². The second-order valence-corrected chi connectivity index (χ2v) is 21.9. The van der Waals surface area contributed by atoms with Crippen molar-refractivity contribution in [3.8, 4) is 0 Å². The lowest BCUT2D eigenvalue weighted by molar-refractivity contribution is -0.148. The number of rotatable bonds is 11. The van der Waals surface area contributed by atoms with E-state index in [-0.39, 0.29) is 28.2 Å². The Bertz CT molecular complexity index is 2680. The number of nitrogens with zero attached hydrogens (tertiary/aromatic N) is 3. The summed E-state index contributed by atoms with van der Waals surface area (Å²) in [5.74, 6) is -3.51. The minimum atomic E-state index is -1.28. The molecule has 25 heteroatoms. The first-order valence-corrected chi connectivity index (χ1v) is 24.2. The number of esters is 3. The molecule has 0 aliphatic heterocycles. The number of carbonyl (C=O) groups excluding carboxylic acids is 8. The Morgan fingerprint density at radius 2 is 0.696 bits per heavy atom. The number of aliphatic carboxylic acids is 1. The highest BCUT2D eigenvalue weighted by Gasteiger charge is 2.40. The SMILES string of the molecule is CN(C(=O)OC(C)(C)C)C(C)(C)C(=O)O.COC(=O)c1ccc(N)c(N)c1.COC(=O)c1ccc(N)c(NC(=O)C(C)(C)N(C)C(=O)OC(C)(C)C)c1.COC(=O)c1ccc(NC(=O)C(C)(C)N(C)C(=O)OC(C)(C)C)c(N)c1. The summed E-state index contributed by atoms with van der Waals surface area (Å²) in [6, 6.07) is 13.4. The fourth-order valence-electron chi connectivity index (χ4n) is 5.32. The van der Waals surface area contributed by atoms with E-state index in [0.717, 1.165) is 4.90 Å². The Morgan fingerprint density at radius 3 is 1.00 bits per heavy atom. The molecule has 5 amide bonds. The summed E-state index contributed by atoms with van der Waals surface area (Å²) in [4.78, 5) is 110. The molecule has 0 saturated carbocycles. The summed E-state index contributed by atoms with van der Waals surface area (Å²) in [6.45, 7) is 24.9. The van der Waals surface area contributed by atoms with Gasteiger partial charge in [0.25, 0.3) is 0 Å². The van der Waals surface area contributed by atoms with Crippen LogP contribution in [0.1, 0.15) is 135 Å². The summed E-state index contributed by atoms with van der Waals surface area (Å²) in [5, 5.41) is 14.2. The molecule has 0 atom stereocenters. The van der Waals surface area contributed by atoms with Crippen molar-refractivity contribution in [2.45, 2.75) is 137 Å². The average molecular weight is 1110 g/mol. The zero-order valence-corrected chi connectivity index (χ0v) is 49.4. The third-order valence-corrected chi connectivity index (χ3v) is 11.1. The summed E-state index contributed by atoms with van der Waals surface area (Å²) >= 11 is 0. The summed E-state index contributed by atoms with van der Waals surface area (Å²) in [7, 11) is 8.20. The van der Waals surface area contributed by atoms with Gasteiger partial charge >= 0.3 is 42.2 Å². The number of methoxy groups -OCH3 is 3. The summed E-state index contributed by atoms with van der Waals surface area (Å²) < 4.78 is 29.4. The zero-order chi connectivity index (χ0) is 62.1. The smallest absolute Gasteiger partial charge is 0.410 e. The number of likely N-dealkylation sites (N-methyl/N-ethyl adjacent to an activating group) is 3. The monoisotopic (exact) mass is 1110 g/mol. The van der Waals surface area contributed by atoms with E-state index in [1.54, 1.807) is 102 Å². The standard InChI is InChI=1S/2C18H27N3O5.C10H19NO4.C8H10N2O2/c1-17(2,3)26-16(24)21(6)18(4,5)15(23)20-13-9-8-11(10-12(13)19)14(22)25-7;1-17(2,3)26-16(24)21(6)18(4,5)15(23)20-13-10-11(14(22)25-7)8-9-12(13)19;1-9(2,3)15-8(14)11(6)10(4,5)7(12)13;1-12-8(11)5-2-3-6(9)7(10)4-5/h2*8-10H,19H2,1-7H3,(H,20,23);1-6H3,(H,12,13);2-4H,9-10H2,1H3. The van der Waals surface area contributed by atoms with E-state index >= 15 is 0 Å². The number of carboxylic acid groups (broad SMARTS) is 1. The van der Waals surface area contributed by atoms with Gasteiger partial charge in [-0.25, -0.2) is 33.6 Å². The maximum absolute atomic E-state index is 12.7. The molecule has 0 spiro atoms. The van der Waals surface area contributed by atoms with E-state index < -0.39 is 87.4 Å². The molecule has 25 nitrogen and oxygen atoms in total. The second kappa shape index (κ2) is 28.2. The predicted octanol–water partition coefficient (Wildman–Crippen LogP) is 7.63. The van der Waals surface area contributed by atoms with Crippen LogP contribution in [-0.2, 0) is 42.8 Å². The molecule has 0 aromatic heterocycles. The van der Waals surface area contributed by atoms with Crippen LogP contribution in [0.2, 0.25) is 0 Å². The second-order valence-electron chi connectivity index (χ2n) is 21.9. The lowest BCUT2D eigenvalue weighted by Crippen LogP contribution is -2.54. The Balaban J connectivity index is 0.00000108. The van der Waals surface area contributed by atoms with E-state index in [1.807, 2.05) is 0 Å². The fourth-order valence-corrected chi connectivity index (χ4v) is 5.32. The Morgan fingerprint density at radius 1 is 0.405 bits per heavy atom. The van der Waals surface area contributed by atoms with Crippen molar-refractivity contribution in [1.82, 2.24) is 14.7 Å². The number of hydrogen-bond donors (Lipinski definition) is 7. The van der Waals surface area contributed by atoms with Crippen LogP contribution in [0.15, 0.2) is 54.6 Å². The molecule has 0 saturated heterocycles. The third kappa shape index (κ3) is 22.2. The van der Waals surface area contributed by atoms with Crippen LogP contribution in [0, 0.1) is 0 Å². The number of hydrogen-bond acceptors (Lipinski definition) is 19. The van der Waals surface area contributed by atoms with Crippen molar-refractivity contribution < 1.29 is 76.7 Å². The van der Waals surface area contributed by atoms with Crippen molar-refractivity contribution in [2.75, 3.05) is 76.0 Å². The number of benzene rings is 3. The zero-order valence-electron chi connectivity index (χ0n) is 49.4. The van der Waals surface area contributed by atoms with Crippen LogP contribution in [0.5, 0.6) is 0 Å². The van der Waals surface area contributed by atoms with Gasteiger partial charge in [-0.3, -0.25) is 24.3 Å². The number of anilines is 6. The first kappa shape index (κ1) is 70.5. The highest BCUT2D eigenvalue weighted by atomic mass is 16.6. The van der Waals surface area contributed by atoms with E-state index in [9.17, 15) is 43.2 Å². The minimum Gasteiger partial charge on any atom is -0.480 e. The highest BCUT2D eigenvalue weighted by Crippen LogP contribution is 2.27. The van der Waals surface area contributed by atoms with Gasteiger partial charge in [0.2, 0.25) is 11.8 Å². The van der Waals surface area contributed by atoms with Crippen LogP contribution in [0.3, 0.4) is 0 Å². The number of nitrogens with two attached hydrogens (primary N) is 4. The molecule has 3 aromatic rings. The molecule has 0 radical (unpaired) electrons. The van der Waals surface area contributed by atoms with Crippen molar-refractivity contribution in [3.05, 3.63) is 71.3 Å². The molecule has 0 fully saturated rings. The van der Waals surface area contributed by atoms with Crippen molar-refractivity contribution in [2.24, 2.45) is 0 Å². The van der Waals surface area contributed by atoms with Crippen LogP contribution in [0.4, 0.5) is 48.5 Å². The molecule has 0 heterocycles. The molecule has 440 valence electrons. The molecule has 3 aromatic carbocycles. The first-order chi connectivity index (χ1) is 35.7. The number of amides is 5. The quantitative estimate of drug-likeness (QED) is 0.0551. The van der Waals surface area contributed by atoms with Crippen LogP contribution in [0.25, 0.3) is 0 Å². The molecule has 3 rings (SSSR count). The van der Waals surface area contributed by atoms with Crippen LogP contribution in [-0.4, -0.2) is 150 Å². The lowest BCUT2D eigenvalue weighted by atomic mass is 10.0. The van der Waals surface area contributed by atoms with Gasteiger partial charge in [0.05, 0.1) is 72.1 Å². The molecule has 0 bridgehead atoms. The van der Waals surface area contributed by atoms with Gasteiger partial charge < -0.3 is 67.1 Å². The first-order valence-electron chi connectivity index (χ1n) is 24.2. The third-order valence-electron chi connectivity index (χ3n) is 11.1. The highest BCUT2D eigenvalue weighted by molar-refractivity contribution is 6.03. The average Bonchev–Trinajstić information content (AvgIpc) is 3.33. The van der Waals surface area contributed by atoms with Crippen molar-refractivity contribution >= 4 is 88.1 Å². The number of carboxylic acids is 1. The number of nitrogen functional groups attached to an aromatic ring is 4. The molecular formula is C54H83N9O16. The molecular weight excluding hydrogens is 1030 g/mol. The van der Waals surface area contributed by atoms with E-state index in [2.05, 4.69) is 24.8 Å². The van der Waals surface area contributed by atoms with Crippen molar-refractivity contribution in [1.29, 1.82) is 0 Å².